The summed E-state index contributed by atoms with van der Waals surface area (Å²) in [5.74, 6) is 0.736. The molecule has 0 radical (unpaired) electrons. The van der Waals surface area contributed by atoms with E-state index in [1.807, 2.05) is 12.1 Å². The predicted molar refractivity (Wildman–Crippen MR) is 125 cm³/mol. The van der Waals surface area contributed by atoms with Gasteiger partial charge in [0.2, 0.25) is 0 Å². The molecule has 0 bridgehead atoms. The second-order valence-corrected chi connectivity index (χ2v) is 8.75. The standard InChI is InChI=1S/C25H28Cl2O4/c1-16(2)19-12-17(7-9-23(19)31-25-6-4-5-11-30-25)13-20-21(26)14-18(15-22(20)27)8-10-24(28)29-3/h7-10,12,14-16,25H,4-6,11,13H2,1-3H3/b10-8+. The average Bonchev–Trinajstić information content (AvgIpc) is 2.76. The molecule has 2 aromatic carbocycles. The Kier molecular flexibility index (Phi) is 8.42. The van der Waals surface area contributed by atoms with Crippen LogP contribution < -0.4 is 4.74 Å². The van der Waals surface area contributed by atoms with E-state index in [0.29, 0.717) is 22.4 Å². The van der Waals surface area contributed by atoms with Gasteiger partial charge in [-0.1, -0.05) is 49.2 Å². The average molecular weight is 463 g/mol. The summed E-state index contributed by atoms with van der Waals surface area (Å²) in [6.45, 7) is 5.05. The summed E-state index contributed by atoms with van der Waals surface area (Å²) >= 11 is 13.0. The lowest BCUT2D eigenvalue weighted by atomic mass is 9.96. The van der Waals surface area contributed by atoms with Crippen molar-refractivity contribution in [1.82, 2.24) is 0 Å². The number of hydrogen-bond acceptors (Lipinski definition) is 4. The lowest BCUT2D eigenvalue weighted by Gasteiger charge is -2.25. The molecule has 0 N–H and O–H groups in total. The normalized spacial score (nSPS) is 16.6. The molecular formula is C25H28Cl2O4. The van der Waals surface area contributed by atoms with Crippen LogP contribution in [0.5, 0.6) is 5.75 Å². The van der Waals surface area contributed by atoms with Gasteiger partial charge in [0.05, 0.1) is 13.7 Å². The SMILES string of the molecule is COC(=O)/C=C/c1cc(Cl)c(Cc2ccc(OC3CCCCO3)c(C(C)C)c2)c(Cl)c1. The van der Waals surface area contributed by atoms with Gasteiger partial charge in [0.15, 0.2) is 6.29 Å². The van der Waals surface area contributed by atoms with E-state index >= 15 is 0 Å². The van der Waals surface area contributed by atoms with Crippen LogP contribution in [0.2, 0.25) is 10.0 Å². The molecule has 1 saturated heterocycles. The Bertz CT molecular complexity index is 924. The minimum absolute atomic E-state index is 0.174. The maximum Gasteiger partial charge on any atom is 0.330 e. The molecule has 6 heteroatoms. The Morgan fingerprint density at radius 1 is 1.19 bits per heavy atom. The fourth-order valence-electron chi connectivity index (χ4n) is 3.54. The first-order chi connectivity index (χ1) is 14.9. The summed E-state index contributed by atoms with van der Waals surface area (Å²) in [5.41, 5.74) is 3.82. The lowest BCUT2D eigenvalue weighted by molar-refractivity contribution is -0.134. The van der Waals surface area contributed by atoms with E-state index in [0.717, 1.165) is 53.9 Å². The molecule has 1 atom stereocenters. The predicted octanol–water partition coefficient (Wildman–Crippen LogP) is 6.80. The zero-order chi connectivity index (χ0) is 22.4. The summed E-state index contributed by atoms with van der Waals surface area (Å²) in [6.07, 6.45) is 6.53. The van der Waals surface area contributed by atoms with Crippen molar-refractivity contribution in [3.05, 3.63) is 68.7 Å². The number of benzene rings is 2. The molecule has 1 aliphatic rings. The van der Waals surface area contributed by atoms with Crippen LogP contribution in [0.1, 0.15) is 61.3 Å². The molecule has 0 aromatic heterocycles. The van der Waals surface area contributed by atoms with Gasteiger partial charge >= 0.3 is 5.97 Å². The quantitative estimate of drug-likeness (QED) is 0.335. The summed E-state index contributed by atoms with van der Waals surface area (Å²) in [7, 11) is 1.33. The first-order valence-electron chi connectivity index (χ1n) is 10.5. The van der Waals surface area contributed by atoms with Crippen LogP contribution >= 0.6 is 23.2 Å². The van der Waals surface area contributed by atoms with Crippen molar-refractivity contribution in [1.29, 1.82) is 0 Å². The first kappa shape index (κ1) is 23.6. The van der Waals surface area contributed by atoms with Crippen LogP contribution in [-0.4, -0.2) is 26.0 Å². The smallest absolute Gasteiger partial charge is 0.330 e. The number of esters is 1. The van der Waals surface area contributed by atoms with Crippen molar-refractivity contribution in [2.24, 2.45) is 0 Å². The summed E-state index contributed by atoms with van der Waals surface area (Å²) in [5, 5.41) is 1.11. The second-order valence-electron chi connectivity index (χ2n) is 7.94. The van der Waals surface area contributed by atoms with Crippen molar-refractivity contribution >= 4 is 35.2 Å². The Morgan fingerprint density at radius 3 is 2.55 bits per heavy atom. The van der Waals surface area contributed by atoms with E-state index in [1.54, 1.807) is 18.2 Å². The van der Waals surface area contributed by atoms with Crippen LogP contribution in [0.25, 0.3) is 6.08 Å². The minimum atomic E-state index is -0.432. The molecule has 0 aliphatic carbocycles. The highest BCUT2D eigenvalue weighted by molar-refractivity contribution is 6.36. The third-order valence-corrected chi connectivity index (χ3v) is 5.92. The molecular weight excluding hydrogens is 435 g/mol. The van der Waals surface area contributed by atoms with Gasteiger partial charge in [-0.3, -0.25) is 0 Å². The van der Waals surface area contributed by atoms with Crippen LogP contribution in [-0.2, 0) is 20.7 Å². The Hall–Kier alpha value is -2.01. The van der Waals surface area contributed by atoms with Gasteiger partial charge in [0, 0.05) is 29.0 Å². The molecule has 1 unspecified atom stereocenters. The molecule has 4 nitrogen and oxygen atoms in total. The van der Waals surface area contributed by atoms with Crippen molar-refractivity contribution in [2.45, 2.75) is 51.7 Å². The number of halogens is 2. The van der Waals surface area contributed by atoms with Gasteiger partial charge in [-0.25, -0.2) is 4.79 Å². The van der Waals surface area contributed by atoms with E-state index in [2.05, 4.69) is 24.7 Å². The third-order valence-electron chi connectivity index (χ3n) is 5.25. The van der Waals surface area contributed by atoms with Gasteiger partial charge in [-0.2, -0.15) is 0 Å². The van der Waals surface area contributed by atoms with Crippen molar-refractivity contribution in [3.8, 4) is 5.75 Å². The van der Waals surface area contributed by atoms with E-state index in [9.17, 15) is 4.79 Å². The van der Waals surface area contributed by atoms with Gasteiger partial charge in [0.1, 0.15) is 5.75 Å². The highest BCUT2D eigenvalue weighted by Crippen LogP contribution is 2.33. The molecule has 2 aromatic rings. The monoisotopic (exact) mass is 462 g/mol. The van der Waals surface area contributed by atoms with Gasteiger partial charge < -0.3 is 14.2 Å². The van der Waals surface area contributed by atoms with Crippen molar-refractivity contribution < 1.29 is 19.0 Å². The number of hydrogen-bond donors (Lipinski definition) is 0. The van der Waals surface area contributed by atoms with E-state index in [4.69, 9.17) is 32.7 Å². The lowest BCUT2D eigenvalue weighted by Crippen LogP contribution is -2.25. The van der Waals surface area contributed by atoms with Crippen LogP contribution in [0.4, 0.5) is 0 Å². The molecule has 0 amide bonds. The molecule has 1 fully saturated rings. The summed E-state index contributed by atoms with van der Waals surface area (Å²) < 4.78 is 16.5. The molecule has 1 heterocycles. The third kappa shape index (κ3) is 6.49. The number of ether oxygens (including phenoxy) is 3. The largest absolute Gasteiger partial charge is 0.466 e. The second kappa shape index (κ2) is 11.0. The fourth-order valence-corrected chi connectivity index (χ4v) is 4.17. The molecule has 0 saturated carbocycles. The topological polar surface area (TPSA) is 44.8 Å². The van der Waals surface area contributed by atoms with Crippen LogP contribution in [0.3, 0.4) is 0 Å². The van der Waals surface area contributed by atoms with Gasteiger partial charge in [0.25, 0.3) is 0 Å². The van der Waals surface area contributed by atoms with E-state index < -0.39 is 5.97 Å². The molecule has 1 aliphatic heterocycles. The fraction of sp³-hybridized carbons (Fsp3) is 0.400. The Labute approximate surface area is 194 Å². The molecule has 0 spiro atoms. The molecule has 166 valence electrons. The highest BCUT2D eigenvalue weighted by atomic mass is 35.5. The zero-order valence-corrected chi connectivity index (χ0v) is 19.6. The van der Waals surface area contributed by atoms with Crippen LogP contribution in [0, 0.1) is 0 Å². The maximum absolute atomic E-state index is 11.3. The Morgan fingerprint density at radius 2 is 1.94 bits per heavy atom. The van der Waals surface area contributed by atoms with E-state index in [1.165, 1.54) is 13.2 Å². The maximum atomic E-state index is 11.3. The summed E-state index contributed by atoms with van der Waals surface area (Å²) in [4.78, 5) is 11.3. The Balaban J connectivity index is 1.81. The van der Waals surface area contributed by atoms with Crippen molar-refractivity contribution in [3.63, 3.8) is 0 Å². The summed E-state index contributed by atoms with van der Waals surface area (Å²) in [6, 6.07) is 9.80. The van der Waals surface area contributed by atoms with E-state index in [-0.39, 0.29) is 6.29 Å². The highest BCUT2D eigenvalue weighted by Gasteiger charge is 2.19. The first-order valence-corrected chi connectivity index (χ1v) is 11.3. The number of rotatable bonds is 7. The number of carbonyl (C=O) groups is 1. The van der Waals surface area contributed by atoms with Gasteiger partial charge in [-0.05, 0) is 65.3 Å². The van der Waals surface area contributed by atoms with Crippen molar-refractivity contribution in [2.75, 3.05) is 13.7 Å². The van der Waals surface area contributed by atoms with Crippen LogP contribution in [0.15, 0.2) is 36.4 Å². The number of carbonyl (C=O) groups excluding carboxylic acids is 1. The number of methoxy groups -OCH3 is 1. The zero-order valence-electron chi connectivity index (χ0n) is 18.1. The van der Waals surface area contributed by atoms with Gasteiger partial charge in [-0.15, -0.1) is 0 Å². The minimum Gasteiger partial charge on any atom is -0.466 e. The molecule has 3 rings (SSSR count). The molecule has 31 heavy (non-hydrogen) atoms.